The third kappa shape index (κ3) is 6.34. The summed E-state index contributed by atoms with van der Waals surface area (Å²) in [5.41, 5.74) is 6.93. The van der Waals surface area contributed by atoms with Crippen LogP contribution < -0.4 is 21.7 Å². The van der Waals surface area contributed by atoms with Crippen LogP contribution in [0.4, 0.5) is 0 Å². The lowest BCUT2D eigenvalue weighted by Crippen LogP contribution is -2.57. The van der Waals surface area contributed by atoms with E-state index < -0.39 is 18.1 Å². The first-order valence-electron chi connectivity index (χ1n) is 10.1. The number of carbonyl (C=O) groups excluding carboxylic acids is 3. The quantitative estimate of drug-likeness (QED) is 0.613. The van der Waals surface area contributed by atoms with Gasteiger partial charge in [-0.2, -0.15) is 0 Å². The van der Waals surface area contributed by atoms with Crippen LogP contribution in [0.15, 0.2) is 30.3 Å². The van der Waals surface area contributed by atoms with Crippen molar-refractivity contribution in [2.45, 2.75) is 64.1 Å². The molecule has 1 fully saturated rings. The smallest absolute Gasteiger partial charge is 0.243 e. The van der Waals surface area contributed by atoms with Crippen LogP contribution in [0, 0.1) is 5.92 Å². The molecule has 0 bridgehead atoms. The van der Waals surface area contributed by atoms with Crippen molar-refractivity contribution in [3.63, 3.8) is 0 Å². The minimum atomic E-state index is -0.727. The van der Waals surface area contributed by atoms with E-state index in [1.807, 2.05) is 44.2 Å². The van der Waals surface area contributed by atoms with E-state index in [1.54, 1.807) is 0 Å². The van der Waals surface area contributed by atoms with Crippen LogP contribution in [-0.4, -0.2) is 42.4 Å². The fraction of sp³-hybridized carbons (Fsp3) is 0.571. The van der Waals surface area contributed by atoms with Gasteiger partial charge in [0.15, 0.2) is 0 Å². The molecular formula is C21H32N4O3. The van der Waals surface area contributed by atoms with Gasteiger partial charge >= 0.3 is 0 Å². The number of hydrogen-bond donors (Lipinski definition) is 4. The number of nitrogens with two attached hydrogens (primary N) is 1. The first-order valence-corrected chi connectivity index (χ1v) is 10.1. The van der Waals surface area contributed by atoms with Gasteiger partial charge in [-0.25, -0.2) is 0 Å². The molecule has 3 amide bonds. The summed E-state index contributed by atoms with van der Waals surface area (Å²) < 4.78 is 0. The minimum absolute atomic E-state index is 0.0817. The molecule has 0 unspecified atom stereocenters. The molecule has 1 aromatic rings. The summed E-state index contributed by atoms with van der Waals surface area (Å²) >= 11 is 0. The first-order chi connectivity index (χ1) is 13.4. The van der Waals surface area contributed by atoms with Gasteiger partial charge < -0.3 is 21.7 Å². The molecule has 1 aliphatic heterocycles. The lowest BCUT2D eigenvalue weighted by Gasteiger charge is -2.27. The maximum atomic E-state index is 13.0. The number of hydrogen-bond acceptors (Lipinski definition) is 4. The Balaban J connectivity index is 2.24. The zero-order valence-corrected chi connectivity index (χ0v) is 16.7. The highest BCUT2D eigenvalue weighted by Crippen LogP contribution is 2.11. The van der Waals surface area contributed by atoms with E-state index in [2.05, 4.69) is 16.0 Å². The van der Waals surface area contributed by atoms with Crippen molar-refractivity contribution >= 4 is 17.7 Å². The van der Waals surface area contributed by atoms with E-state index in [1.165, 1.54) is 0 Å². The highest BCUT2D eigenvalue weighted by molar-refractivity contribution is 5.93. The molecule has 0 saturated carbocycles. The maximum Gasteiger partial charge on any atom is 0.243 e. The summed E-state index contributed by atoms with van der Waals surface area (Å²) in [6, 6.07) is 7.47. The second-order valence-corrected chi connectivity index (χ2v) is 7.52. The Kier molecular flexibility index (Phi) is 8.44. The lowest BCUT2D eigenvalue weighted by molar-refractivity contribution is -0.133. The summed E-state index contributed by atoms with van der Waals surface area (Å²) in [6.07, 6.45) is 3.08. The molecule has 0 aliphatic carbocycles. The van der Waals surface area contributed by atoms with E-state index in [9.17, 15) is 14.4 Å². The molecule has 0 spiro atoms. The molecule has 1 aromatic carbocycles. The van der Waals surface area contributed by atoms with Gasteiger partial charge in [0.25, 0.3) is 0 Å². The predicted octanol–water partition coefficient (Wildman–Crippen LogP) is 0.872. The summed E-state index contributed by atoms with van der Waals surface area (Å²) in [4.78, 5) is 38.1. The maximum absolute atomic E-state index is 13.0. The first kappa shape index (κ1) is 21.9. The van der Waals surface area contributed by atoms with Gasteiger partial charge in [-0.15, -0.1) is 0 Å². The monoisotopic (exact) mass is 388 g/mol. The van der Waals surface area contributed by atoms with Crippen LogP contribution in [0.25, 0.3) is 0 Å². The van der Waals surface area contributed by atoms with Crippen molar-refractivity contribution < 1.29 is 14.4 Å². The van der Waals surface area contributed by atoms with E-state index in [0.29, 0.717) is 25.8 Å². The SMILES string of the molecule is CC[C@H](C)[C@@H]1NC(=O)[C@H](N)CCCCNC(=O)[C@H](Cc2ccccc2)NC1=O. The average Bonchev–Trinajstić information content (AvgIpc) is 2.70. The van der Waals surface area contributed by atoms with Crippen LogP contribution in [0.3, 0.4) is 0 Å². The molecule has 2 rings (SSSR count). The predicted molar refractivity (Wildman–Crippen MR) is 108 cm³/mol. The Morgan fingerprint density at radius 1 is 1.04 bits per heavy atom. The van der Waals surface area contributed by atoms with Gasteiger partial charge in [-0.1, -0.05) is 50.6 Å². The van der Waals surface area contributed by atoms with Crippen molar-refractivity contribution in [1.82, 2.24) is 16.0 Å². The van der Waals surface area contributed by atoms with Crippen molar-refractivity contribution in [3.05, 3.63) is 35.9 Å². The van der Waals surface area contributed by atoms with Crippen molar-refractivity contribution in [1.29, 1.82) is 0 Å². The Labute approximate surface area is 166 Å². The molecule has 154 valence electrons. The van der Waals surface area contributed by atoms with Gasteiger partial charge in [0.1, 0.15) is 12.1 Å². The van der Waals surface area contributed by atoms with E-state index >= 15 is 0 Å². The van der Waals surface area contributed by atoms with E-state index in [4.69, 9.17) is 5.73 Å². The largest absolute Gasteiger partial charge is 0.354 e. The van der Waals surface area contributed by atoms with E-state index in [-0.39, 0.29) is 23.6 Å². The molecule has 1 heterocycles. The van der Waals surface area contributed by atoms with Crippen molar-refractivity contribution in [2.24, 2.45) is 11.7 Å². The number of benzene rings is 1. The lowest BCUT2D eigenvalue weighted by atomic mass is 9.96. The minimum Gasteiger partial charge on any atom is -0.354 e. The normalized spacial score (nSPS) is 26.0. The molecule has 7 heteroatoms. The second kappa shape index (κ2) is 10.8. The highest BCUT2D eigenvalue weighted by atomic mass is 16.2. The molecule has 4 atom stereocenters. The van der Waals surface area contributed by atoms with Crippen LogP contribution in [0.1, 0.15) is 45.1 Å². The molecule has 7 nitrogen and oxygen atoms in total. The topological polar surface area (TPSA) is 113 Å². The molecular weight excluding hydrogens is 356 g/mol. The summed E-state index contributed by atoms with van der Waals surface area (Å²) in [7, 11) is 0. The molecule has 1 saturated heterocycles. The Hall–Kier alpha value is -2.41. The van der Waals surface area contributed by atoms with Gasteiger partial charge in [-0.05, 0) is 30.7 Å². The van der Waals surface area contributed by atoms with Gasteiger partial charge in [-0.3, -0.25) is 14.4 Å². The van der Waals surface area contributed by atoms with Crippen LogP contribution in [-0.2, 0) is 20.8 Å². The summed E-state index contributed by atoms with van der Waals surface area (Å²) in [6.45, 7) is 4.35. The average molecular weight is 389 g/mol. The van der Waals surface area contributed by atoms with Crippen molar-refractivity contribution in [3.8, 4) is 0 Å². The van der Waals surface area contributed by atoms with Gasteiger partial charge in [0.2, 0.25) is 17.7 Å². The summed E-state index contributed by atoms with van der Waals surface area (Å²) in [5, 5.41) is 8.54. The zero-order chi connectivity index (χ0) is 20.5. The third-order valence-electron chi connectivity index (χ3n) is 5.29. The van der Waals surface area contributed by atoms with Gasteiger partial charge in [0, 0.05) is 13.0 Å². The number of rotatable bonds is 4. The number of nitrogens with one attached hydrogen (secondary N) is 3. The fourth-order valence-corrected chi connectivity index (χ4v) is 3.24. The Morgan fingerprint density at radius 3 is 2.43 bits per heavy atom. The standard InChI is InChI=1S/C21H32N4O3/c1-3-14(2)18-21(28)24-17(13-15-9-5-4-6-10-15)20(27)23-12-8-7-11-16(22)19(26)25-18/h4-6,9-10,14,16-18H,3,7-8,11-13,22H2,1-2H3,(H,23,27)(H,24,28)(H,25,26)/t14-,16+,17-,18-/m0/s1. The Morgan fingerprint density at radius 2 is 1.75 bits per heavy atom. The molecule has 1 aliphatic rings. The van der Waals surface area contributed by atoms with E-state index in [0.717, 1.165) is 18.4 Å². The molecule has 0 aromatic heterocycles. The fourth-order valence-electron chi connectivity index (χ4n) is 3.24. The number of carbonyl (C=O) groups is 3. The van der Waals surface area contributed by atoms with Crippen LogP contribution in [0.2, 0.25) is 0 Å². The van der Waals surface area contributed by atoms with Crippen molar-refractivity contribution in [2.75, 3.05) is 6.54 Å². The molecule has 5 N–H and O–H groups in total. The van der Waals surface area contributed by atoms with Crippen LogP contribution in [0.5, 0.6) is 0 Å². The molecule has 28 heavy (non-hydrogen) atoms. The third-order valence-corrected chi connectivity index (χ3v) is 5.29. The van der Waals surface area contributed by atoms with Gasteiger partial charge in [0.05, 0.1) is 6.04 Å². The highest BCUT2D eigenvalue weighted by Gasteiger charge is 2.31. The summed E-state index contributed by atoms with van der Waals surface area (Å²) in [5.74, 6) is -0.972. The van der Waals surface area contributed by atoms with Crippen LogP contribution >= 0.6 is 0 Å². The second-order valence-electron chi connectivity index (χ2n) is 7.52. The molecule has 0 radical (unpaired) electrons. The zero-order valence-electron chi connectivity index (χ0n) is 16.7. The Bertz CT molecular complexity index is 665. The number of amides is 3.